The molecule has 8 heteroatoms. The summed E-state index contributed by atoms with van der Waals surface area (Å²) < 4.78 is 0. The number of carbonyl (C=O) groups excluding carboxylic acids is 2. The van der Waals surface area contributed by atoms with Gasteiger partial charge < -0.3 is 0 Å². The van der Waals surface area contributed by atoms with Crippen LogP contribution in [-0.2, 0) is 0 Å². The molecule has 2 aromatic rings. The summed E-state index contributed by atoms with van der Waals surface area (Å²) in [6, 6.07) is 13.3. The fourth-order valence-corrected chi connectivity index (χ4v) is 3.98. The number of nitrogens with one attached hydrogen (secondary N) is 2. The van der Waals surface area contributed by atoms with Gasteiger partial charge in [-0.25, -0.2) is 10.4 Å². The Kier molecular flexibility index (Phi) is 5.85. The summed E-state index contributed by atoms with van der Waals surface area (Å²) in [5, 5.41) is 7.15. The number of amides is 2. The summed E-state index contributed by atoms with van der Waals surface area (Å²) in [6.07, 6.45) is 3.46. The molecule has 1 aliphatic carbocycles. The number of fused-ring (bicyclic) bond motifs is 1. The average Bonchev–Trinajstić information content (AvgIpc) is 3.11. The van der Waals surface area contributed by atoms with Gasteiger partial charge in [0.15, 0.2) is 0 Å². The number of rotatable bonds is 4. The van der Waals surface area contributed by atoms with Crippen molar-refractivity contribution >= 4 is 40.7 Å². The highest BCUT2D eigenvalue weighted by molar-refractivity contribution is 6.31. The predicted molar refractivity (Wildman–Crippen MR) is 113 cm³/mol. The van der Waals surface area contributed by atoms with Crippen LogP contribution in [0, 0.1) is 5.92 Å². The molecule has 0 aromatic heterocycles. The van der Waals surface area contributed by atoms with Gasteiger partial charge in [-0.1, -0.05) is 29.6 Å². The number of hydrogen-bond donors (Lipinski definition) is 2. The zero-order valence-electron chi connectivity index (χ0n) is 15.6. The van der Waals surface area contributed by atoms with Gasteiger partial charge in [0.25, 0.3) is 11.8 Å². The Morgan fingerprint density at radius 2 is 1.55 bits per heavy atom. The molecule has 2 amide bonds. The summed E-state index contributed by atoms with van der Waals surface area (Å²) in [6.45, 7) is 0. The van der Waals surface area contributed by atoms with Crippen LogP contribution in [0.15, 0.2) is 53.6 Å². The van der Waals surface area contributed by atoms with Crippen LogP contribution in [0.4, 0.5) is 0 Å². The number of hydrazine groups is 1. The van der Waals surface area contributed by atoms with E-state index in [1.165, 1.54) is 5.01 Å². The van der Waals surface area contributed by atoms with E-state index in [0.29, 0.717) is 21.2 Å². The molecule has 0 saturated heterocycles. The molecule has 1 fully saturated rings. The van der Waals surface area contributed by atoms with Gasteiger partial charge in [-0.05, 0) is 67.8 Å². The second kappa shape index (κ2) is 8.53. The minimum absolute atomic E-state index is 0.0746. The molecule has 2 aliphatic rings. The number of halogens is 2. The molecule has 6 nitrogen and oxygen atoms in total. The Bertz CT molecular complexity index is 944. The first-order valence-corrected chi connectivity index (χ1v) is 10.3. The van der Waals surface area contributed by atoms with Crippen molar-refractivity contribution in [2.45, 2.75) is 31.8 Å². The Hall–Kier alpha value is -2.41. The summed E-state index contributed by atoms with van der Waals surface area (Å²) in [4.78, 5) is 25.6. The molecule has 150 valence electrons. The third kappa shape index (κ3) is 4.29. The molecule has 2 atom stereocenters. The van der Waals surface area contributed by atoms with Crippen molar-refractivity contribution < 1.29 is 9.59 Å². The first-order chi connectivity index (χ1) is 14.0. The summed E-state index contributed by atoms with van der Waals surface area (Å²) in [5.41, 5.74) is 7.72. The van der Waals surface area contributed by atoms with Gasteiger partial charge in [0, 0.05) is 32.8 Å². The van der Waals surface area contributed by atoms with Crippen LogP contribution >= 0.6 is 23.2 Å². The van der Waals surface area contributed by atoms with Crippen molar-refractivity contribution in [1.29, 1.82) is 0 Å². The lowest BCUT2D eigenvalue weighted by Gasteiger charge is -2.29. The summed E-state index contributed by atoms with van der Waals surface area (Å²) in [7, 11) is 0. The largest absolute Gasteiger partial charge is 0.285 e. The van der Waals surface area contributed by atoms with Gasteiger partial charge in [0.2, 0.25) is 0 Å². The second-order valence-electron chi connectivity index (χ2n) is 7.15. The zero-order valence-corrected chi connectivity index (χ0v) is 17.1. The quantitative estimate of drug-likeness (QED) is 0.711. The van der Waals surface area contributed by atoms with Gasteiger partial charge in [0.1, 0.15) is 6.17 Å². The average molecular weight is 431 g/mol. The van der Waals surface area contributed by atoms with E-state index in [-0.39, 0.29) is 17.7 Å². The molecule has 1 aliphatic heterocycles. The van der Waals surface area contributed by atoms with E-state index in [1.807, 2.05) is 0 Å². The molecule has 1 saturated carbocycles. The van der Waals surface area contributed by atoms with Gasteiger partial charge in [-0.3, -0.25) is 15.0 Å². The lowest BCUT2D eigenvalue weighted by Crippen LogP contribution is -2.55. The number of benzene rings is 2. The zero-order chi connectivity index (χ0) is 20.4. The molecular formula is C21H20Cl2N4O2. The Morgan fingerprint density at radius 3 is 2.21 bits per heavy atom. The molecule has 4 rings (SSSR count). The highest BCUT2D eigenvalue weighted by atomic mass is 35.5. The van der Waals surface area contributed by atoms with E-state index in [9.17, 15) is 9.59 Å². The second-order valence-corrected chi connectivity index (χ2v) is 8.02. The number of carbonyl (C=O) groups is 2. The number of nitrogens with zero attached hydrogens (tertiary/aromatic N) is 2. The Morgan fingerprint density at radius 1 is 0.931 bits per heavy atom. The lowest BCUT2D eigenvalue weighted by atomic mass is 9.86. The molecule has 1 heterocycles. The van der Waals surface area contributed by atoms with Crippen LogP contribution in [0.25, 0.3) is 0 Å². The van der Waals surface area contributed by atoms with Crippen LogP contribution in [0.1, 0.15) is 46.4 Å². The van der Waals surface area contributed by atoms with E-state index < -0.39 is 6.17 Å². The van der Waals surface area contributed by atoms with Gasteiger partial charge >= 0.3 is 0 Å². The maximum absolute atomic E-state index is 13.1. The summed E-state index contributed by atoms with van der Waals surface area (Å²) >= 11 is 11.8. The highest BCUT2D eigenvalue weighted by Crippen LogP contribution is 2.32. The molecule has 2 aromatic carbocycles. The van der Waals surface area contributed by atoms with Crippen LogP contribution < -0.4 is 10.9 Å². The highest BCUT2D eigenvalue weighted by Gasteiger charge is 2.41. The van der Waals surface area contributed by atoms with Crippen LogP contribution in [-0.4, -0.2) is 28.7 Å². The van der Waals surface area contributed by atoms with Crippen molar-refractivity contribution in [2.75, 3.05) is 0 Å². The van der Waals surface area contributed by atoms with E-state index in [1.54, 1.807) is 48.5 Å². The van der Waals surface area contributed by atoms with E-state index >= 15 is 0 Å². The van der Waals surface area contributed by atoms with Crippen molar-refractivity contribution in [3.05, 3.63) is 69.7 Å². The smallest absolute Gasteiger partial charge is 0.275 e. The Balaban J connectivity index is 1.52. The lowest BCUT2D eigenvalue weighted by molar-refractivity contribution is 0.0598. The minimum Gasteiger partial charge on any atom is -0.285 e. The van der Waals surface area contributed by atoms with Gasteiger partial charge in [-0.2, -0.15) is 5.10 Å². The third-order valence-electron chi connectivity index (χ3n) is 5.25. The van der Waals surface area contributed by atoms with Crippen LogP contribution in [0.5, 0.6) is 0 Å². The SMILES string of the molecule is O=C(NNC1C2CCCCC2=NN1C(=O)c1ccc(Cl)cc1)c1ccc(Cl)cc1. The molecule has 2 unspecified atom stereocenters. The van der Waals surface area contributed by atoms with Gasteiger partial charge in [0.05, 0.1) is 0 Å². The maximum atomic E-state index is 13.1. The van der Waals surface area contributed by atoms with Crippen LogP contribution in [0.3, 0.4) is 0 Å². The topological polar surface area (TPSA) is 73.8 Å². The van der Waals surface area contributed by atoms with E-state index in [2.05, 4.69) is 16.0 Å². The van der Waals surface area contributed by atoms with E-state index in [0.717, 1.165) is 31.4 Å². The monoisotopic (exact) mass is 430 g/mol. The standard InChI is InChI=1S/C21H20Cl2N4O2/c22-15-9-5-13(6-10-15)20(28)25-24-19-17-3-1-2-4-18(17)26-27(19)21(29)14-7-11-16(23)12-8-14/h5-12,17,19,24H,1-4H2,(H,25,28). The maximum Gasteiger partial charge on any atom is 0.275 e. The third-order valence-corrected chi connectivity index (χ3v) is 5.75. The minimum atomic E-state index is -0.440. The first-order valence-electron chi connectivity index (χ1n) is 9.51. The molecule has 29 heavy (non-hydrogen) atoms. The fourth-order valence-electron chi connectivity index (χ4n) is 3.73. The van der Waals surface area contributed by atoms with Gasteiger partial charge in [-0.15, -0.1) is 0 Å². The Labute approximate surface area is 178 Å². The number of hydrogen-bond acceptors (Lipinski definition) is 4. The molecule has 2 N–H and O–H groups in total. The molecule has 0 bridgehead atoms. The van der Waals surface area contributed by atoms with Crippen molar-refractivity contribution in [1.82, 2.24) is 15.9 Å². The van der Waals surface area contributed by atoms with Crippen molar-refractivity contribution in [3.8, 4) is 0 Å². The molecule has 0 radical (unpaired) electrons. The van der Waals surface area contributed by atoms with Crippen molar-refractivity contribution in [2.24, 2.45) is 11.0 Å². The first kappa shape index (κ1) is 19.9. The van der Waals surface area contributed by atoms with Crippen molar-refractivity contribution in [3.63, 3.8) is 0 Å². The number of hydrazone groups is 1. The molecule has 0 spiro atoms. The fraction of sp³-hybridized carbons (Fsp3) is 0.286. The molecular weight excluding hydrogens is 411 g/mol. The van der Waals surface area contributed by atoms with E-state index in [4.69, 9.17) is 23.2 Å². The normalized spacial score (nSPS) is 20.8. The van der Waals surface area contributed by atoms with Crippen LogP contribution in [0.2, 0.25) is 10.0 Å². The predicted octanol–water partition coefficient (Wildman–Crippen LogP) is 4.26. The summed E-state index contributed by atoms with van der Waals surface area (Å²) in [5.74, 6) is -0.461.